The average Bonchev–Trinajstić information content (AvgIpc) is 2.89. The third-order valence-electron chi connectivity index (χ3n) is 4.11. The molecule has 0 radical (unpaired) electrons. The zero-order valence-electron chi connectivity index (χ0n) is 9.91. The third kappa shape index (κ3) is 1.65. The molecule has 0 aromatic heterocycles. The third-order valence-corrected chi connectivity index (χ3v) is 4.11. The molecule has 4 heteroatoms. The van der Waals surface area contributed by atoms with E-state index in [1.165, 1.54) is 18.8 Å². The second kappa shape index (κ2) is 3.84. The molecule has 16 heavy (non-hydrogen) atoms. The molecule has 3 atom stereocenters. The van der Waals surface area contributed by atoms with Gasteiger partial charge < -0.3 is 15.0 Å². The lowest BCUT2D eigenvalue weighted by Gasteiger charge is -2.26. The van der Waals surface area contributed by atoms with Crippen molar-refractivity contribution >= 4 is 7.85 Å². The van der Waals surface area contributed by atoms with Gasteiger partial charge in [-0.25, -0.2) is 0 Å². The minimum Gasteiger partial charge on any atom is -0.500 e. The van der Waals surface area contributed by atoms with E-state index in [0.717, 1.165) is 37.0 Å². The van der Waals surface area contributed by atoms with Crippen molar-refractivity contribution in [2.75, 3.05) is 26.2 Å². The first kappa shape index (κ1) is 10.3. The van der Waals surface area contributed by atoms with Crippen molar-refractivity contribution in [1.29, 1.82) is 0 Å². The van der Waals surface area contributed by atoms with Gasteiger partial charge in [0.15, 0.2) is 7.85 Å². The van der Waals surface area contributed by atoms with Gasteiger partial charge in [-0.05, 0) is 11.8 Å². The Balaban J connectivity index is 1.60. The first-order valence-electron chi connectivity index (χ1n) is 6.22. The molecule has 2 fully saturated rings. The number of nitrogens with zero attached hydrogens (tertiary/aromatic N) is 1. The predicted octanol–water partition coefficient (Wildman–Crippen LogP) is -0.0853. The smallest absolute Gasteiger partial charge is 0.185 e. The molecule has 0 aromatic rings. The second-order valence-electron chi connectivity index (χ2n) is 5.23. The molecule has 3 rings (SSSR count). The Labute approximate surface area is 97.9 Å². The molecule has 0 aliphatic carbocycles. The van der Waals surface area contributed by atoms with Crippen molar-refractivity contribution in [2.24, 2.45) is 11.8 Å². The summed E-state index contributed by atoms with van der Waals surface area (Å²) in [5.41, 5.74) is 2.23. The van der Waals surface area contributed by atoms with Gasteiger partial charge in [-0.1, -0.05) is 12.7 Å². The lowest BCUT2D eigenvalue weighted by molar-refractivity contribution is 0.157. The molecule has 0 bridgehead atoms. The maximum atomic E-state index is 5.76. The molecule has 0 aromatic carbocycles. The first-order chi connectivity index (χ1) is 7.74. The quantitative estimate of drug-likeness (QED) is 0.656. The summed E-state index contributed by atoms with van der Waals surface area (Å²) >= 11 is 0. The highest BCUT2D eigenvalue weighted by Crippen LogP contribution is 2.32. The van der Waals surface area contributed by atoms with Crippen LogP contribution in [0.4, 0.5) is 0 Å². The molecular weight excluding hydrogens is 199 g/mol. The van der Waals surface area contributed by atoms with Gasteiger partial charge in [-0.3, -0.25) is 0 Å². The Morgan fingerprint density at radius 1 is 1.44 bits per heavy atom. The summed E-state index contributed by atoms with van der Waals surface area (Å²) in [5.74, 6) is 1.65. The summed E-state index contributed by atoms with van der Waals surface area (Å²) in [5, 5.41) is 3.46. The summed E-state index contributed by atoms with van der Waals surface area (Å²) < 4.78 is 5.76. The van der Waals surface area contributed by atoms with Crippen LogP contribution in [0.25, 0.3) is 0 Å². The predicted molar refractivity (Wildman–Crippen MR) is 66.7 cm³/mol. The van der Waals surface area contributed by atoms with Crippen LogP contribution in [0.1, 0.15) is 6.42 Å². The maximum Gasteiger partial charge on any atom is 0.185 e. The van der Waals surface area contributed by atoms with Crippen LogP contribution in [0.5, 0.6) is 0 Å². The number of likely N-dealkylation sites (tertiary alicyclic amines) is 1. The Morgan fingerprint density at radius 2 is 2.12 bits per heavy atom. The number of rotatable bonds is 2. The summed E-state index contributed by atoms with van der Waals surface area (Å²) in [7, 11) is 2.02. The monoisotopic (exact) mass is 218 g/mol. The fraction of sp³-hybridized carbons (Fsp3) is 0.667. The number of fused-ring (bicyclic) bond motifs is 1. The van der Waals surface area contributed by atoms with Crippen LogP contribution in [-0.4, -0.2) is 45.0 Å². The molecule has 3 aliphatic rings. The maximum absolute atomic E-state index is 5.76. The molecule has 1 N–H and O–H groups in total. The van der Waals surface area contributed by atoms with Crippen molar-refractivity contribution in [3.63, 3.8) is 0 Å². The Bertz CT molecular complexity index is 330. The normalized spacial score (nSPS) is 37.1. The van der Waals surface area contributed by atoms with E-state index in [1.807, 2.05) is 7.85 Å². The van der Waals surface area contributed by atoms with Gasteiger partial charge in [-0.2, -0.15) is 0 Å². The van der Waals surface area contributed by atoms with Gasteiger partial charge in [0.05, 0.1) is 0 Å². The number of ether oxygens (including phenoxy) is 1. The minimum absolute atomic E-state index is 0.201. The summed E-state index contributed by atoms with van der Waals surface area (Å²) in [6.07, 6.45) is 3.36. The largest absolute Gasteiger partial charge is 0.500 e. The molecule has 3 unspecified atom stereocenters. The van der Waals surface area contributed by atoms with Crippen molar-refractivity contribution in [2.45, 2.75) is 12.5 Å². The summed E-state index contributed by atoms with van der Waals surface area (Å²) in [4.78, 5) is 2.44. The standard InChI is InChI=1S/C12H19BN2O/c1-8(11-2-3-12(13)16-11)15-6-9-4-14-5-10(9)7-15/h3,9-11,14H,1-2,4-7,13H2. The molecule has 0 amide bonds. The highest BCUT2D eigenvalue weighted by Gasteiger charge is 2.38. The minimum atomic E-state index is 0.201. The van der Waals surface area contributed by atoms with Crippen LogP contribution < -0.4 is 5.32 Å². The van der Waals surface area contributed by atoms with Crippen LogP contribution in [0.2, 0.25) is 0 Å². The molecule has 86 valence electrons. The van der Waals surface area contributed by atoms with Crippen molar-refractivity contribution in [1.82, 2.24) is 10.2 Å². The van der Waals surface area contributed by atoms with Crippen molar-refractivity contribution < 1.29 is 4.74 Å². The fourth-order valence-electron chi connectivity index (χ4n) is 3.09. The number of hydrogen-bond acceptors (Lipinski definition) is 3. The van der Waals surface area contributed by atoms with Crippen LogP contribution in [0.15, 0.2) is 24.0 Å². The van der Waals surface area contributed by atoms with E-state index >= 15 is 0 Å². The zero-order valence-corrected chi connectivity index (χ0v) is 9.91. The molecule has 3 nitrogen and oxygen atoms in total. The van der Waals surface area contributed by atoms with Gasteiger partial charge in [-0.15, -0.1) is 0 Å². The van der Waals surface area contributed by atoms with Gasteiger partial charge in [0, 0.05) is 44.0 Å². The SMILES string of the molecule is BC1=CCC(C(=C)N2CC3CNCC3C2)O1. The van der Waals surface area contributed by atoms with E-state index < -0.39 is 0 Å². The van der Waals surface area contributed by atoms with Crippen molar-refractivity contribution in [3.05, 3.63) is 24.0 Å². The molecule has 0 spiro atoms. The highest BCUT2D eigenvalue weighted by atomic mass is 16.5. The van der Waals surface area contributed by atoms with Gasteiger partial charge in [0.2, 0.25) is 0 Å². The van der Waals surface area contributed by atoms with E-state index in [-0.39, 0.29) is 6.10 Å². The second-order valence-corrected chi connectivity index (χ2v) is 5.23. The topological polar surface area (TPSA) is 24.5 Å². The summed E-state index contributed by atoms with van der Waals surface area (Å²) in [6, 6.07) is 0. The number of nitrogens with one attached hydrogen (secondary N) is 1. The highest BCUT2D eigenvalue weighted by molar-refractivity contribution is 6.20. The fourth-order valence-corrected chi connectivity index (χ4v) is 3.09. The summed E-state index contributed by atoms with van der Waals surface area (Å²) in [6.45, 7) is 8.91. The van der Waals surface area contributed by atoms with E-state index in [2.05, 4.69) is 22.9 Å². The van der Waals surface area contributed by atoms with E-state index in [4.69, 9.17) is 4.74 Å². The average molecular weight is 218 g/mol. The lowest BCUT2D eigenvalue weighted by atomic mass is 10.0. The van der Waals surface area contributed by atoms with E-state index in [0.29, 0.717) is 0 Å². The van der Waals surface area contributed by atoms with Crippen LogP contribution >= 0.6 is 0 Å². The van der Waals surface area contributed by atoms with E-state index in [9.17, 15) is 0 Å². The van der Waals surface area contributed by atoms with Gasteiger partial charge >= 0.3 is 0 Å². The molecule has 3 heterocycles. The molecule has 0 saturated carbocycles. The molecular formula is C12H19BN2O. The lowest BCUT2D eigenvalue weighted by Crippen LogP contribution is -2.30. The molecule has 3 aliphatic heterocycles. The van der Waals surface area contributed by atoms with Crippen molar-refractivity contribution in [3.8, 4) is 0 Å². The van der Waals surface area contributed by atoms with Gasteiger partial charge in [0.1, 0.15) is 6.10 Å². The van der Waals surface area contributed by atoms with Gasteiger partial charge in [0.25, 0.3) is 0 Å². The number of hydrogen-bond donors (Lipinski definition) is 1. The van der Waals surface area contributed by atoms with Crippen LogP contribution in [-0.2, 0) is 4.74 Å². The first-order valence-corrected chi connectivity index (χ1v) is 6.22. The van der Waals surface area contributed by atoms with Crippen LogP contribution in [0, 0.1) is 11.8 Å². The van der Waals surface area contributed by atoms with Crippen LogP contribution in [0.3, 0.4) is 0 Å². The zero-order chi connectivity index (χ0) is 11.1. The van der Waals surface area contributed by atoms with E-state index in [1.54, 1.807) is 0 Å². The Hall–Kier alpha value is -0.895. The molecule has 2 saturated heterocycles. The Kier molecular flexibility index (Phi) is 2.47. The Morgan fingerprint density at radius 3 is 2.69 bits per heavy atom.